The average Bonchev–Trinajstić information content (AvgIpc) is 3.04. The van der Waals surface area contributed by atoms with E-state index in [9.17, 15) is 18.0 Å². The van der Waals surface area contributed by atoms with Crippen LogP contribution < -0.4 is 0 Å². The van der Waals surface area contributed by atoms with Crippen molar-refractivity contribution in [1.82, 2.24) is 0 Å². The minimum Gasteiger partial charge on any atom is -0.298 e. The molecule has 0 spiro atoms. The van der Waals surface area contributed by atoms with Gasteiger partial charge in [-0.25, -0.2) is 18.0 Å². The van der Waals surface area contributed by atoms with Crippen molar-refractivity contribution in [2.45, 2.75) is 116 Å². The molecule has 0 heterocycles. The van der Waals surface area contributed by atoms with Gasteiger partial charge in [0, 0.05) is 22.6 Å². The van der Waals surface area contributed by atoms with Crippen LogP contribution >= 0.6 is 0 Å². The van der Waals surface area contributed by atoms with Gasteiger partial charge in [0.25, 0.3) is 0 Å². The first kappa shape index (κ1) is 42.5. The summed E-state index contributed by atoms with van der Waals surface area (Å²) in [4.78, 5) is 26.3. The van der Waals surface area contributed by atoms with Gasteiger partial charge in [-0.1, -0.05) is 127 Å². The van der Waals surface area contributed by atoms with Gasteiger partial charge in [0.05, 0.1) is 31.0 Å². The standard InChI is InChI=1S/2C22H29NO2S/c2*1-15(2)20-7-6-8-21(16(3)4)22(20)13-18(24)14-26(23,25)19-11-9-17(5)10-12-19/h2*6-12,15-16,23H,13-14H2,1-5H3/t2*26-/m10/s1. The summed E-state index contributed by atoms with van der Waals surface area (Å²) in [6, 6.07) is 26.5. The van der Waals surface area contributed by atoms with Crippen LogP contribution in [0.1, 0.15) is 124 Å². The van der Waals surface area contributed by atoms with E-state index >= 15 is 0 Å². The molecule has 0 aromatic heterocycles. The Morgan fingerprint density at radius 3 is 0.962 bits per heavy atom. The summed E-state index contributed by atoms with van der Waals surface area (Å²) >= 11 is 0. The summed E-state index contributed by atoms with van der Waals surface area (Å²) in [5.74, 6) is 0.507. The van der Waals surface area contributed by atoms with Crippen molar-refractivity contribution in [2.75, 3.05) is 11.5 Å². The number of benzene rings is 4. The minimum absolute atomic E-state index is 0.138. The summed E-state index contributed by atoms with van der Waals surface area (Å²) in [5.41, 5.74) is 8.83. The van der Waals surface area contributed by atoms with Crippen molar-refractivity contribution < 1.29 is 18.0 Å². The molecule has 0 radical (unpaired) electrons. The van der Waals surface area contributed by atoms with Crippen molar-refractivity contribution in [3.8, 4) is 0 Å². The molecule has 0 aliphatic heterocycles. The molecule has 4 aromatic carbocycles. The van der Waals surface area contributed by atoms with Crippen molar-refractivity contribution in [1.29, 1.82) is 9.56 Å². The van der Waals surface area contributed by atoms with Gasteiger partial charge in [-0.15, -0.1) is 0 Å². The van der Waals surface area contributed by atoms with Gasteiger partial charge in [0.2, 0.25) is 0 Å². The molecule has 0 saturated heterocycles. The van der Waals surface area contributed by atoms with Gasteiger partial charge < -0.3 is 0 Å². The van der Waals surface area contributed by atoms with Crippen molar-refractivity contribution in [2.24, 2.45) is 0 Å². The monoisotopic (exact) mass is 742 g/mol. The molecule has 0 bridgehead atoms. The molecule has 0 fully saturated rings. The highest BCUT2D eigenvalue weighted by atomic mass is 32.2. The van der Waals surface area contributed by atoms with Gasteiger partial charge in [-0.3, -0.25) is 9.59 Å². The van der Waals surface area contributed by atoms with Crippen molar-refractivity contribution in [3.05, 3.63) is 129 Å². The van der Waals surface area contributed by atoms with Crippen LogP contribution in [-0.4, -0.2) is 31.5 Å². The van der Waals surface area contributed by atoms with Crippen LogP contribution in [-0.2, 0) is 41.9 Å². The van der Waals surface area contributed by atoms with E-state index in [1.54, 1.807) is 24.3 Å². The second-order valence-electron chi connectivity index (χ2n) is 15.1. The molecule has 0 unspecified atom stereocenters. The molecule has 52 heavy (non-hydrogen) atoms. The number of Topliss-reactive ketones (excluding diaryl/α,β-unsaturated/α-hetero) is 2. The topological polar surface area (TPSA) is 116 Å². The number of carbonyl (C=O) groups is 2. The summed E-state index contributed by atoms with van der Waals surface area (Å²) in [6.45, 7) is 20.8. The fourth-order valence-corrected chi connectivity index (χ4v) is 9.05. The molecule has 6 nitrogen and oxygen atoms in total. The number of carbonyl (C=O) groups excluding carboxylic acids is 2. The molecule has 4 aromatic rings. The third kappa shape index (κ3) is 11.6. The highest BCUT2D eigenvalue weighted by molar-refractivity contribution is 7.93. The summed E-state index contributed by atoms with van der Waals surface area (Å²) < 4.78 is 42.0. The zero-order valence-electron chi connectivity index (χ0n) is 32.7. The van der Waals surface area contributed by atoms with Crippen molar-refractivity contribution in [3.63, 3.8) is 0 Å². The third-order valence-corrected chi connectivity index (χ3v) is 12.8. The quantitative estimate of drug-likeness (QED) is 0.134. The Bertz CT molecular complexity index is 1860. The first-order valence-electron chi connectivity index (χ1n) is 18.2. The molecule has 0 aliphatic rings. The minimum atomic E-state index is -3.11. The Hall–Kier alpha value is -3.88. The van der Waals surface area contributed by atoms with Crippen LogP contribution in [0.2, 0.25) is 0 Å². The Kier molecular flexibility index (Phi) is 14.9. The molecule has 0 amide bonds. The highest BCUT2D eigenvalue weighted by Gasteiger charge is 2.22. The van der Waals surface area contributed by atoms with Crippen LogP contribution in [0.15, 0.2) is 94.7 Å². The molecule has 2 N–H and O–H groups in total. The summed E-state index contributed by atoms with van der Waals surface area (Å²) in [5, 5.41) is 0. The fourth-order valence-electron chi connectivity index (χ4n) is 6.45. The van der Waals surface area contributed by atoms with Crippen LogP contribution in [0.3, 0.4) is 0 Å². The predicted octanol–water partition coefficient (Wildman–Crippen LogP) is 10.9. The lowest BCUT2D eigenvalue weighted by molar-refractivity contribution is -0.116. The van der Waals surface area contributed by atoms with Crippen molar-refractivity contribution >= 4 is 31.0 Å². The maximum Gasteiger partial charge on any atom is 0.150 e. The Morgan fingerprint density at radius 2 is 0.731 bits per heavy atom. The molecule has 280 valence electrons. The van der Waals surface area contributed by atoms with E-state index < -0.39 is 19.5 Å². The number of rotatable bonds is 14. The normalized spacial score (nSPS) is 13.8. The average molecular weight is 743 g/mol. The predicted molar refractivity (Wildman–Crippen MR) is 217 cm³/mol. The van der Waals surface area contributed by atoms with Crippen LogP contribution in [0.4, 0.5) is 0 Å². The first-order chi connectivity index (χ1) is 24.2. The largest absolute Gasteiger partial charge is 0.298 e. The second-order valence-corrected chi connectivity index (χ2v) is 19.4. The van der Waals surface area contributed by atoms with E-state index in [4.69, 9.17) is 9.56 Å². The highest BCUT2D eigenvalue weighted by Crippen LogP contribution is 2.30. The lowest BCUT2D eigenvalue weighted by atomic mass is 9.86. The molecular weight excluding hydrogens is 685 g/mol. The van der Waals surface area contributed by atoms with E-state index in [1.807, 2.05) is 50.2 Å². The lowest BCUT2D eigenvalue weighted by Crippen LogP contribution is -2.19. The number of nitrogens with one attached hydrogen (secondary N) is 2. The zero-order valence-corrected chi connectivity index (χ0v) is 34.3. The SMILES string of the molecule is Cc1ccc([S@@](=N)(=O)CC(=O)Cc2c(C(C)C)cccc2C(C)C)cc1.Cc1ccc([S@](=N)(=O)CC(=O)Cc2c(C(C)C)cccc2C(C)C)cc1. The van der Waals surface area contributed by atoms with Crippen LogP contribution in [0.25, 0.3) is 0 Å². The van der Waals surface area contributed by atoms with Gasteiger partial charge in [0.1, 0.15) is 0 Å². The van der Waals surface area contributed by atoms with E-state index in [-0.39, 0.29) is 35.9 Å². The number of hydrogen-bond acceptors (Lipinski definition) is 6. The lowest BCUT2D eigenvalue weighted by Gasteiger charge is -2.19. The van der Waals surface area contributed by atoms with Gasteiger partial charge >= 0.3 is 0 Å². The van der Waals surface area contributed by atoms with Gasteiger partial charge in [-0.05, 0) is 95.2 Å². The molecule has 0 aliphatic carbocycles. The van der Waals surface area contributed by atoms with E-state index in [0.29, 0.717) is 33.5 Å². The zero-order chi connectivity index (χ0) is 39.0. The van der Waals surface area contributed by atoms with E-state index in [0.717, 1.165) is 44.5 Å². The summed E-state index contributed by atoms with van der Waals surface area (Å²) in [6.07, 6.45) is 0.479. The fraction of sp³-hybridized carbons (Fsp3) is 0.409. The maximum absolute atomic E-state index is 12.8. The molecule has 4 rings (SSSR count). The Balaban J connectivity index is 0.000000280. The second kappa shape index (κ2) is 18.2. The van der Waals surface area contributed by atoms with Gasteiger partial charge in [0.15, 0.2) is 11.6 Å². The summed E-state index contributed by atoms with van der Waals surface area (Å²) in [7, 11) is -6.22. The van der Waals surface area contributed by atoms with Gasteiger partial charge in [-0.2, -0.15) is 0 Å². The smallest absolute Gasteiger partial charge is 0.150 e. The van der Waals surface area contributed by atoms with E-state index in [2.05, 4.69) is 79.7 Å². The number of ketones is 2. The number of hydrogen-bond donors (Lipinski definition) is 2. The molecule has 2 atom stereocenters. The number of aryl methyl sites for hydroxylation is 2. The molecule has 8 heteroatoms. The van der Waals surface area contributed by atoms with E-state index in [1.165, 1.54) is 0 Å². The maximum atomic E-state index is 12.8. The molecule has 0 saturated carbocycles. The van der Waals surface area contributed by atoms with Crippen LogP contribution in [0.5, 0.6) is 0 Å². The first-order valence-corrected chi connectivity index (χ1v) is 21.6. The molecular formula is C44H58N2O4S2. The van der Waals surface area contributed by atoms with Crippen LogP contribution in [0, 0.1) is 23.4 Å². The Labute approximate surface area is 313 Å². The third-order valence-electron chi connectivity index (χ3n) is 9.26. The Morgan fingerprint density at radius 1 is 0.481 bits per heavy atom.